The van der Waals surface area contributed by atoms with Gasteiger partial charge in [-0.15, -0.1) is 0 Å². The van der Waals surface area contributed by atoms with Crippen LogP contribution in [0.15, 0.2) is 30.3 Å². The van der Waals surface area contributed by atoms with E-state index in [0.717, 1.165) is 18.4 Å². The molecule has 3 atom stereocenters. The molecule has 2 N–H and O–H groups in total. The Hall–Kier alpha value is -2.37. The van der Waals surface area contributed by atoms with Crippen molar-refractivity contribution in [3.8, 4) is 0 Å². The van der Waals surface area contributed by atoms with E-state index in [-0.39, 0.29) is 30.2 Å². The van der Waals surface area contributed by atoms with Gasteiger partial charge in [-0.05, 0) is 30.2 Å². The second-order valence-corrected chi connectivity index (χ2v) is 8.28. The number of carbonyl (C=O) groups excluding carboxylic acids is 2. The third kappa shape index (κ3) is 3.84. The Labute approximate surface area is 159 Å². The Morgan fingerprint density at radius 3 is 2.56 bits per heavy atom. The summed E-state index contributed by atoms with van der Waals surface area (Å²) in [5, 5.41) is 12.6. The van der Waals surface area contributed by atoms with E-state index in [0.29, 0.717) is 19.4 Å². The maximum atomic E-state index is 13.3. The van der Waals surface area contributed by atoms with Crippen LogP contribution >= 0.6 is 0 Å². The van der Waals surface area contributed by atoms with E-state index in [1.165, 1.54) is 0 Å². The lowest BCUT2D eigenvalue weighted by Gasteiger charge is -2.27. The summed E-state index contributed by atoms with van der Waals surface area (Å²) in [5.74, 6) is -0.993. The molecule has 0 radical (unpaired) electrons. The average molecular weight is 372 g/mol. The minimum absolute atomic E-state index is 0.00161. The number of amides is 2. The number of likely N-dealkylation sites (tertiary alicyclic amines) is 1. The first-order valence-corrected chi connectivity index (χ1v) is 9.70. The fraction of sp³-hybridized carbons (Fsp3) is 0.571. The fourth-order valence-electron chi connectivity index (χ4n) is 4.51. The van der Waals surface area contributed by atoms with E-state index in [1.54, 1.807) is 4.90 Å². The van der Waals surface area contributed by atoms with Gasteiger partial charge in [-0.3, -0.25) is 14.4 Å². The zero-order chi connectivity index (χ0) is 19.6. The van der Waals surface area contributed by atoms with Gasteiger partial charge in [-0.1, -0.05) is 50.6 Å². The second kappa shape index (κ2) is 7.71. The van der Waals surface area contributed by atoms with Crippen LogP contribution in [0.25, 0.3) is 0 Å². The quantitative estimate of drug-likeness (QED) is 0.804. The van der Waals surface area contributed by atoms with Gasteiger partial charge < -0.3 is 15.3 Å². The number of carboxylic acid groups (broad SMARTS) is 1. The van der Waals surface area contributed by atoms with Crippen molar-refractivity contribution < 1.29 is 19.5 Å². The molecule has 2 aliphatic rings. The molecule has 1 heterocycles. The highest BCUT2D eigenvalue weighted by molar-refractivity contribution is 5.90. The molecular weight excluding hydrogens is 344 g/mol. The number of hydrogen-bond acceptors (Lipinski definition) is 3. The largest absolute Gasteiger partial charge is 0.481 e. The van der Waals surface area contributed by atoms with Crippen molar-refractivity contribution in [3.05, 3.63) is 35.9 Å². The van der Waals surface area contributed by atoms with Gasteiger partial charge in [0.2, 0.25) is 11.8 Å². The first kappa shape index (κ1) is 19.4. The normalized spacial score (nSPS) is 25.3. The van der Waals surface area contributed by atoms with Crippen LogP contribution in [0, 0.1) is 17.3 Å². The lowest BCUT2D eigenvalue weighted by molar-refractivity contribution is -0.150. The molecule has 0 spiro atoms. The number of carboxylic acids is 1. The predicted molar refractivity (Wildman–Crippen MR) is 101 cm³/mol. The first-order chi connectivity index (χ1) is 12.8. The highest BCUT2D eigenvalue weighted by Crippen LogP contribution is 2.49. The molecule has 2 amide bonds. The van der Waals surface area contributed by atoms with E-state index in [9.17, 15) is 19.5 Å². The van der Waals surface area contributed by atoms with E-state index in [4.69, 9.17) is 0 Å². The van der Waals surface area contributed by atoms with Crippen molar-refractivity contribution in [3.63, 3.8) is 0 Å². The van der Waals surface area contributed by atoms with Gasteiger partial charge in [0, 0.05) is 19.5 Å². The summed E-state index contributed by atoms with van der Waals surface area (Å²) in [7, 11) is 0. The summed E-state index contributed by atoms with van der Waals surface area (Å²) in [6.45, 7) is 4.60. The monoisotopic (exact) mass is 372 g/mol. The van der Waals surface area contributed by atoms with Crippen LogP contribution in [-0.4, -0.2) is 40.9 Å². The molecule has 1 aromatic rings. The molecule has 3 rings (SSSR count). The number of rotatable bonds is 6. The Kier molecular flexibility index (Phi) is 5.53. The minimum Gasteiger partial charge on any atom is -0.481 e. The van der Waals surface area contributed by atoms with E-state index in [2.05, 4.69) is 5.32 Å². The van der Waals surface area contributed by atoms with Crippen LogP contribution in [0.5, 0.6) is 0 Å². The van der Waals surface area contributed by atoms with Gasteiger partial charge in [0.25, 0.3) is 0 Å². The SMILES string of the molecule is CC(C)CC(=O)NC(C(=O)N1C[C@@H]2CCC[C@@]2(C(=O)O)C1)c1ccccc1. The number of nitrogens with one attached hydrogen (secondary N) is 1. The Bertz CT molecular complexity index is 718. The zero-order valence-corrected chi connectivity index (χ0v) is 16.0. The maximum Gasteiger partial charge on any atom is 0.311 e. The molecule has 2 fully saturated rings. The fourth-order valence-corrected chi connectivity index (χ4v) is 4.51. The number of carbonyl (C=O) groups is 3. The maximum absolute atomic E-state index is 13.3. The van der Waals surface area contributed by atoms with Gasteiger partial charge in [0.15, 0.2) is 0 Å². The molecule has 1 aliphatic heterocycles. The number of aliphatic carboxylic acids is 1. The van der Waals surface area contributed by atoms with Gasteiger partial charge in [0.1, 0.15) is 6.04 Å². The van der Waals surface area contributed by atoms with Gasteiger partial charge in [-0.25, -0.2) is 0 Å². The predicted octanol–water partition coefficient (Wildman–Crippen LogP) is 2.60. The van der Waals surface area contributed by atoms with Crippen LogP contribution in [0.4, 0.5) is 0 Å². The summed E-state index contributed by atoms with van der Waals surface area (Å²) >= 11 is 0. The van der Waals surface area contributed by atoms with Crippen molar-refractivity contribution in [1.82, 2.24) is 10.2 Å². The topological polar surface area (TPSA) is 86.7 Å². The standard InChI is InChI=1S/C21H28N2O4/c1-14(2)11-17(24)22-18(15-7-4-3-5-8-15)19(25)23-12-16-9-6-10-21(16,13-23)20(26)27/h3-5,7-8,14,16,18H,6,9-13H2,1-2H3,(H,22,24)(H,26,27)/t16-,18?,21+/m0/s1. The molecule has 6 nitrogen and oxygen atoms in total. The lowest BCUT2D eigenvalue weighted by atomic mass is 9.81. The second-order valence-electron chi connectivity index (χ2n) is 8.28. The third-order valence-electron chi connectivity index (χ3n) is 5.89. The number of hydrogen-bond donors (Lipinski definition) is 2. The van der Waals surface area contributed by atoms with Crippen molar-refractivity contribution >= 4 is 17.8 Å². The number of fused-ring (bicyclic) bond motifs is 1. The van der Waals surface area contributed by atoms with Crippen molar-refractivity contribution in [2.45, 2.75) is 45.6 Å². The number of nitrogens with zero attached hydrogens (tertiary/aromatic N) is 1. The average Bonchev–Trinajstić information content (AvgIpc) is 3.17. The molecule has 146 valence electrons. The van der Waals surface area contributed by atoms with E-state index >= 15 is 0 Å². The zero-order valence-electron chi connectivity index (χ0n) is 16.0. The molecule has 1 unspecified atom stereocenters. The Balaban J connectivity index is 1.81. The smallest absolute Gasteiger partial charge is 0.311 e. The van der Waals surface area contributed by atoms with Crippen molar-refractivity contribution in [2.75, 3.05) is 13.1 Å². The molecule has 27 heavy (non-hydrogen) atoms. The first-order valence-electron chi connectivity index (χ1n) is 9.70. The number of benzene rings is 1. The minimum atomic E-state index is -0.821. The lowest BCUT2D eigenvalue weighted by Crippen LogP contribution is -2.44. The Morgan fingerprint density at radius 2 is 1.96 bits per heavy atom. The Morgan fingerprint density at radius 1 is 1.26 bits per heavy atom. The molecule has 6 heteroatoms. The van der Waals surface area contributed by atoms with Crippen LogP contribution in [0.3, 0.4) is 0 Å². The summed E-state index contributed by atoms with van der Waals surface area (Å²) < 4.78 is 0. The molecular formula is C21H28N2O4. The van der Waals surface area contributed by atoms with Gasteiger partial charge >= 0.3 is 5.97 Å². The van der Waals surface area contributed by atoms with Crippen LogP contribution in [0.1, 0.15) is 51.1 Å². The molecule has 1 aliphatic carbocycles. The summed E-state index contributed by atoms with van der Waals surface area (Å²) in [5.41, 5.74) is -0.0974. The van der Waals surface area contributed by atoms with Crippen molar-refractivity contribution in [1.29, 1.82) is 0 Å². The summed E-state index contributed by atoms with van der Waals surface area (Å²) in [4.78, 5) is 39.2. The highest BCUT2D eigenvalue weighted by atomic mass is 16.4. The van der Waals surface area contributed by atoms with E-state index < -0.39 is 17.4 Å². The highest BCUT2D eigenvalue weighted by Gasteiger charge is 2.56. The van der Waals surface area contributed by atoms with Crippen LogP contribution in [0.2, 0.25) is 0 Å². The summed E-state index contributed by atoms with van der Waals surface area (Å²) in [6.07, 6.45) is 2.70. The molecule has 0 aromatic heterocycles. The molecule has 1 saturated carbocycles. The van der Waals surface area contributed by atoms with Crippen LogP contribution < -0.4 is 5.32 Å². The molecule has 0 bridgehead atoms. The third-order valence-corrected chi connectivity index (χ3v) is 5.89. The molecule has 1 aromatic carbocycles. The van der Waals surface area contributed by atoms with Crippen LogP contribution in [-0.2, 0) is 14.4 Å². The summed E-state index contributed by atoms with van der Waals surface area (Å²) in [6, 6.07) is 8.40. The van der Waals surface area contributed by atoms with Crippen molar-refractivity contribution in [2.24, 2.45) is 17.3 Å². The van der Waals surface area contributed by atoms with E-state index in [1.807, 2.05) is 44.2 Å². The van der Waals surface area contributed by atoms with Gasteiger partial charge in [-0.2, -0.15) is 0 Å². The molecule has 1 saturated heterocycles. The van der Waals surface area contributed by atoms with Gasteiger partial charge in [0.05, 0.1) is 5.41 Å².